The summed E-state index contributed by atoms with van der Waals surface area (Å²) in [5, 5.41) is 11.9. The number of nitrogens with zero attached hydrogens (tertiary/aromatic N) is 1. The quantitative estimate of drug-likeness (QED) is 0.736. The third-order valence-electron chi connectivity index (χ3n) is 3.16. The fourth-order valence-electron chi connectivity index (χ4n) is 2.23. The molecule has 0 aromatic rings. The van der Waals surface area contributed by atoms with Crippen LogP contribution < -0.4 is 5.32 Å². The Labute approximate surface area is 102 Å². The monoisotopic (exact) mass is 242 g/mol. The highest BCUT2D eigenvalue weighted by molar-refractivity contribution is 5.87. The first-order valence-electron chi connectivity index (χ1n) is 6.15. The molecule has 0 aliphatic carbocycles. The molecule has 2 N–H and O–H groups in total. The Morgan fingerprint density at radius 2 is 2.12 bits per heavy atom. The Kier molecular flexibility index (Phi) is 4.93. The second kappa shape index (κ2) is 6.00. The van der Waals surface area contributed by atoms with Crippen LogP contribution in [0.15, 0.2) is 0 Å². The average Bonchev–Trinajstić information content (AvgIpc) is 2.72. The highest BCUT2D eigenvalue weighted by Gasteiger charge is 2.34. The Balaban J connectivity index is 2.73. The van der Waals surface area contributed by atoms with Gasteiger partial charge in [0.05, 0.1) is 12.6 Å². The van der Waals surface area contributed by atoms with Crippen LogP contribution in [0.5, 0.6) is 0 Å². The Hall–Kier alpha value is -1.10. The summed E-state index contributed by atoms with van der Waals surface area (Å²) in [6.07, 6.45) is 1.76. The first kappa shape index (κ1) is 14.0. The number of amides is 2. The smallest absolute Gasteiger partial charge is 0.245 e. The molecule has 2 atom stereocenters. The maximum absolute atomic E-state index is 12.3. The predicted molar refractivity (Wildman–Crippen MR) is 64.3 cm³/mol. The van der Waals surface area contributed by atoms with Crippen molar-refractivity contribution in [3.63, 3.8) is 0 Å². The van der Waals surface area contributed by atoms with Crippen LogP contribution in [0.1, 0.15) is 33.6 Å². The van der Waals surface area contributed by atoms with Crippen LogP contribution in [0.3, 0.4) is 0 Å². The average molecular weight is 242 g/mol. The summed E-state index contributed by atoms with van der Waals surface area (Å²) in [7, 11) is 0. The van der Waals surface area contributed by atoms with Crippen molar-refractivity contribution in [3.05, 3.63) is 0 Å². The van der Waals surface area contributed by atoms with Gasteiger partial charge in [-0.25, -0.2) is 0 Å². The SMILES string of the molecule is CC(=O)NC(C(=O)N1CCC[C@H]1CO)C(C)C. The van der Waals surface area contributed by atoms with Gasteiger partial charge in [-0.1, -0.05) is 13.8 Å². The maximum Gasteiger partial charge on any atom is 0.245 e. The van der Waals surface area contributed by atoms with Gasteiger partial charge in [0.1, 0.15) is 6.04 Å². The molecule has 1 aliphatic rings. The van der Waals surface area contributed by atoms with Gasteiger partial charge in [0.15, 0.2) is 0 Å². The molecule has 0 saturated carbocycles. The summed E-state index contributed by atoms with van der Waals surface area (Å²) in [5.41, 5.74) is 0. The van der Waals surface area contributed by atoms with Gasteiger partial charge in [-0.2, -0.15) is 0 Å². The summed E-state index contributed by atoms with van der Waals surface area (Å²) in [6.45, 7) is 5.89. The van der Waals surface area contributed by atoms with E-state index < -0.39 is 6.04 Å². The Morgan fingerprint density at radius 3 is 2.59 bits per heavy atom. The number of aliphatic hydroxyl groups excluding tert-OH is 1. The van der Waals surface area contributed by atoms with E-state index in [1.807, 2.05) is 13.8 Å². The van der Waals surface area contributed by atoms with Gasteiger partial charge in [-0.3, -0.25) is 9.59 Å². The number of carbonyl (C=O) groups excluding carboxylic acids is 2. The molecule has 1 rings (SSSR count). The molecule has 0 bridgehead atoms. The molecular weight excluding hydrogens is 220 g/mol. The molecule has 17 heavy (non-hydrogen) atoms. The van der Waals surface area contributed by atoms with E-state index >= 15 is 0 Å². The van der Waals surface area contributed by atoms with Gasteiger partial charge >= 0.3 is 0 Å². The number of carbonyl (C=O) groups is 2. The molecule has 5 nitrogen and oxygen atoms in total. The summed E-state index contributed by atoms with van der Waals surface area (Å²) < 4.78 is 0. The van der Waals surface area contributed by atoms with Crippen LogP contribution in [-0.4, -0.2) is 47.1 Å². The van der Waals surface area contributed by atoms with E-state index in [1.54, 1.807) is 4.90 Å². The van der Waals surface area contributed by atoms with E-state index in [0.29, 0.717) is 6.54 Å². The van der Waals surface area contributed by atoms with Crippen LogP contribution in [0.2, 0.25) is 0 Å². The van der Waals surface area contributed by atoms with Crippen molar-refractivity contribution in [3.8, 4) is 0 Å². The van der Waals surface area contributed by atoms with Gasteiger partial charge in [0.25, 0.3) is 0 Å². The minimum Gasteiger partial charge on any atom is -0.394 e. The second-order valence-electron chi connectivity index (χ2n) is 4.93. The zero-order valence-electron chi connectivity index (χ0n) is 10.8. The number of likely N-dealkylation sites (tertiary alicyclic amines) is 1. The molecule has 1 fully saturated rings. The van der Waals surface area contributed by atoms with Crippen molar-refractivity contribution < 1.29 is 14.7 Å². The summed E-state index contributed by atoms with van der Waals surface area (Å²) in [6, 6.07) is -0.572. The number of hydrogen-bond acceptors (Lipinski definition) is 3. The first-order chi connectivity index (χ1) is 7.97. The third-order valence-corrected chi connectivity index (χ3v) is 3.16. The lowest BCUT2D eigenvalue weighted by Gasteiger charge is -2.30. The third kappa shape index (κ3) is 3.43. The minimum atomic E-state index is -0.486. The summed E-state index contributed by atoms with van der Waals surface area (Å²) in [4.78, 5) is 25.1. The van der Waals surface area contributed by atoms with Gasteiger partial charge in [0.2, 0.25) is 11.8 Å². The van der Waals surface area contributed by atoms with E-state index in [-0.39, 0.29) is 30.4 Å². The minimum absolute atomic E-state index is 0.00335. The molecule has 0 aromatic carbocycles. The largest absolute Gasteiger partial charge is 0.394 e. The van der Waals surface area contributed by atoms with Crippen LogP contribution in [-0.2, 0) is 9.59 Å². The van der Waals surface area contributed by atoms with Crippen molar-refractivity contribution in [1.29, 1.82) is 0 Å². The Morgan fingerprint density at radius 1 is 1.47 bits per heavy atom. The van der Waals surface area contributed by atoms with E-state index in [2.05, 4.69) is 5.32 Å². The highest BCUT2D eigenvalue weighted by atomic mass is 16.3. The van der Waals surface area contributed by atoms with Crippen molar-refractivity contribution in [2.24, 2.45) is 5.92 Å². The van der Waals surface area contributed by atoms with E-state index in [9.17, 15) is 14.7 Å². The maximum atomic E-state index is 12.3. The van der Waals surface area contributed by atoms with Crippen LogP contribution in [0.25, 0.3) is 0 Å². The predicted octanol–water partition coefficient (Wildman–Crippen LogP) is 0.130. The van der Waals surface area contributed by atoms with E-state index in [4.69, 9.17) is 0 Å². The fraction of sp³-hybridized carbons (Fsp3) is 0.833. The number of aliphatic hydroxyl groups is 1. The zero-order valence-corrected chi connectivity index (χ0v) is 10.8. The molecule has 0 spiro atoms. The lowest BCUT2D eigenvalue weighted by Crippen LogP contribution is -2.52. The number of nitrogens with one attached hydrogen (secondary N) is 1. The summed E-state index contributed by atoms with van der Waals surface area (Å²) in [5.74, 6) is -0.227. The lowest BCUT2D eigenvalue weighted by atomic mass is 10.0. The lowest BCUT2D eigenvalue weighted by molar-refractivity contribution is -0.138. The van der Waals surface area contributed by atoms with Gasteiger partial charge < -0.3 is 15.3 Å². The Bertz CT molecular complexity index is 291. The standard InChI is InChI=1S/C12H22N2O3/c1-8(2)11(13-9(3)16)12(17)14-6-4-5-10(14)7-15/h8,10-11,15H,4-7H2,1-3H3,(H,13,16)/t10-,11?/m0/s1. The normalized spacial score (nSPS) is 21.7. The van der Waals surface area contributed by atoms with E-state index in [0.717, 1.165) is 12.8 Å². The highest BCUT2D eigenvalue weighted by Crippen LogP contribution is 2.19. The summed E-state index contributed by atoms with van der Waals surface area (Å²) >= 11 is 0. The van der Waals surface area contributed by atoms with Crippen LogP contribution >= 0.6 is 0 Å². The molecule has 98 valence electrons. The van der Waals surface area contributed by atoms with Crippen LogP contribution in [0.4, 0.5) is 0 Å². The van der Waals surface area contributed by atoms with Crippen molar-refractivity contribution in [2.45, 2.75) is 45.7 Å². The van der Waals surface area contributed by atoms with Crippen molar-refractivity contribution >= 4 is 11.8 Å². The molecule has 1 unspecified atom stereocenters. The fourth-order valence-corrected chi connectivity index (χ4v) is 2.23. The van der Waals surface area contributed by atoms with E-state index in [1.165, 1.54) is 6.92 Å². The van der Waals surface area contributed by atoms with Crippen molar-refractivity contribution in [2.75, 3.05) is 13.2 Å². The molecule has 1 heterocycles. The second-order valence-corrected chi connectivity index (χ2v) is 4.93. The molecule has 2 amide bonds. The van der Waals surface area contributed by atoms with Gasteiger partial charge in [-0.15, -0.1) is 0 Å². The van der Waals surface area contributed by atoms with Crippen molar-refractivity contribution in [1.82, 2.24) is 10.2 Å². The molecule has 0 radical (unpaired) electrons. The number of hydrogen-bond donors (Lipinski definition) is 2. The topological polar surface area (TPSA) is 69.6 Å². The van der Waals surface area contributed by atoms with Crippen LogP contribution in [0, 0.1) is 5.92 Å². The first-order valence-corrected chi connectivity index (χ1v) is 6.15. The molecule has 5 heteroatoms. The van der Waals surface area contributed by atoms with Gasteiger partial charge in [0, 0.05) is 13.5 Å². The number of rotatable bonds is 4. The molecular formula is C12H22N2O3. The van der Waals surface area contributed by atoms with Gasteiger partial charge in [-0.05, 0) is 18.8 Å². The molecule has 1 aliphatic heterocycles. The molecule has 0 aromatic heterocycles. The zero-order chi connectivity index (χ0) is 13.0. The molecule has 1 saturated heterocycles.